The molecule has 0 saturated carbocycles. The van der Waals surface area contributed by atoms with Crippen LogP contribution in [0.25, 0.3) is 5.69 Å². The predicted molar refractivity (Wildman–Crippen MR) is 88.8 cm³/mol. The fourth-order valence-corrected chi connectivity index (χ4v) is 3.55. The molecule has 0 aliphatic carbocycles. The fourth-order valence-electron chi connectivity index (χ4n) is 2.02. The summed E-state index contributed by atoms with van der Waals surface area (Å²) in [4.78, 5) is 0.777. The van der Waals surface area contributed by atoms with Crippen LogP contribution in [0.2, 0.25) is 10.0 Å². The normalized spacial score (nSPS) is 12.0. The van der Waals surface area contributed by atoms with Gasteiger partial charge in [-0.25, -0.2) is 4.68 Å². The van der Waals surface area contributed by atoms with Crippen LogP contribution in [0.3, 0.4) is 0 Å². The standard InChI is InChI=1S/C14H14Cl2F3N3S/c1-3-4-23-12-7(2)21-22(13(12)20)11-9(15)5-8(6-10(11)16)14(17,18)19/h5-6H,3-4,20H2,1-2H3. The molecule has 0 spiro atoms. The van der Waals surface area contributed by atoms with Gasteiger partial charge in [0.2, 0.25) is 0 Å². The van der Waals surface area contributed by atoms with Crippen molar-refractivity contribution in [2.45, 2.75) is 31.3 Å². The topological polar surface area (TPSA) is 43.8 Å². The average Bonchev–Trinajstić information content (AvgIpc) is 2.70. The number of aromatic nitrogens is 2. The highest BCUT2D eigenvalue weighted by atomic mass is 35.5. The second kappa shape index (κ2) is 6.83. The first-order valence-electron chi connectivity index (χ1n) is 6.71. The van der Waals surface area contributed by atoms with E-state index in [4.69, 9.17) is 28.9 Å². The number of aryl methyl sites for hydroxylation is 1. The highest BCUT2D eigenvalue weighted by Crippen LogP contribution is 2.39. The van der Waals surface area contributed by atoms with Gasteiger partial charge in [0, 0.05) is 0 Å². The van der Waals surface area contributed by atoms with Gasteiger partial charge in [-0.1, -0.05) is 30.1 Å². The third-order valence-electron chi connectivity index (χ3n) is 3.05. The van der Waals surface area contributed by atoms with E-state index in [1.165, 1.54) is 16.4 Å². The number of nitrogens with zero attached hydrogens (tertiary/aromatic N) is 2. The summed E-state index contributed by atoms with van der Waals surface area (Å²) in [6.45, 7) is 3.81. The van der Waals surface area contributed by atoms with Crippen molar-refractivity contribution in [3.8, 4) is 5.69 Å². The summed E-state index contributed by atoms with van der Waals surface area (Å²) in [7, 11) is 0. The number of anilines is 1. The summed E-state index contributed by atoms with van der Waals surface area (Å²) in [6.07, 6.45) is -3.57. The fraction of sp³-hybridized carbons (Fsp3) is 0.357. The summed E-state index contributed by atoms with van der Waals surface area (Å²) in [5.74, 6) is 1.16. The molecule has 0 fully saturated rings. The van der Waals surface area contributed by atoms with Crippen molar-refractivity contribution in [3.63, 3.8) is 0 Å². The van der Waals surface area contributed by atoms with Crippen LogP contribution < -0.4 is 5.73 Å². The number of hydrogen-bond donors (Lipinski definition) is 1. The minimum Gasteiger partial charge on any atom is -0.383 e. The molecule has 0 aliphatic heterocycles. The molecule has 1 aromatic carbocycles. The Labute approximate surface area is 145 Å². The van der Waals surface area contributed by atoms with Gasteiger partial charge < -0.3 is 5.73 Å². The largest absolute Gasteiger partial charge is 0.416 e. The van der Waals surface area contributed by atoms with E-state index in [9.17, 15) is 13.2 Å². The van der Waals surface area contributed by atoms with Gasteiger partial charge in [-0.05, 0) is 31.2 Å². The molecule has 0 bridgehead atoms. The average molecular weight is 384 g/mol. The molecule has 0 radical (unpaired) electrons. The number of halogens is 5. The predicted octanol–water partition coefficient (Wildman–Crippen LogP) is 5.59. The zero-order chi connectivity index (χ0) is 17.4. The van der Waals surface area contributed by atoms with Crippen LogP contribution in [0.1, 0.15) is 24.6 Å². The first-order valence-corrected chi connectivity index (χ1v) is 8.45. The van der Waals surface area contributed by atoms with Crippen molar-refractivity contribution in [2.75, 3.05) is 11.5 Å². The van der Waals surface area contributed by atoms with E-state index in [2.05, 4.69) is 5.10 Å². The molecule has 2 rings (SSSR count). The Morgan fingerprint density at radius 1 is 1.26 bits per heavy atom. The third-order valence-corrected chi connectivity index (χ3v) is 5.03. The van der Waals surface area contributed by atoms with Crippen LogP contribution >= 0.6 is 35.0 Å². The molecular formula is C14H14Cl2F3N3S. The summed E-state index contributed by atoms with van der Waals surface area (Å²) in [5.41, 5.74) is 5.98. The number of rotatable bonds is 4. The molecule has 2 aromatic rings. The van der Waals surface area contributed by atoms with E-state index >= 15 is 0 Å². The maximum Gasteiger partial charge on any atom is 0.416 e. The first-order chi connectivity index (χ1) is 10.7. The number of benzene rings is 1. The van der Waals surface area contributed by atoms with Gasteiger partial charge in [-0.2, -0.15) is 18.3 Å². The van der Waals surface area contributed by atoms with Crippen LogP contribution in [-0.4, -0.2) is 15.5 Å². The molecule has 0 atom stereocenters. The molecule has 0 aliphatic rings. The van der Waals surface area contributed by atoms with Crippen molar-refractivity contribution >= 4 is 40.8 Å². The van der Waals surface area contributed by atoms with E-state index < -0.39 is 11.7 Å². The zero-order valence-corrected chi connectivity index (χ0v) is 14.7. The Bertz CT molecular complexity index is 706. The first kappa shape index (κ1) is 18.3. The highest BCUT2D eigenvalue weighted by Gasteiger charge is 2.32. The summed E-state index contributed by atoms with van der Waals surface area (Å²) < 4.78 is 39.7. The number of thioether (sulfide) groups is 1. The Balaban J connectivity index is 2.55. The van der Waals surface area contributed by atoms with Gasteiger partial charge >= 0.3 is 6.18 Å². The summed E-state index contributed by atoms with van der Waals surface area (Å²) >= 11 is 13.5. The summed E-state index contributed by atoms with van der Waals surface area (Å²) in [5, 5.41) is 3.95. The summed E-state index contributed by atoms with van der Waals surface area (Å²) in [6, 6.07) is 1.64. The van der Waals surface area contributed by atoms with Crippen LogP contribution in [0.4, 0.5) is 19.0 Å². The SMILES string of the molecule is CCCSc1c(C)nn(-c2c(Cl)cc(C(F)(F)F)cc2Cl)c1N. The van der Waals surface area contributed by atoms with E-state index in [0.29, 0.717) is 11.5 Å². The van der Waals surface area contributed by atoms with Crippen molar-refractivity contribution in [1.82, 2.24) is 9.78 Å². The smallest absolute Gasteiger partial charge is 0.383 e. The Morgan fingerprint density at radius 2 is 1.83 bits per heavy atom. The van der Waals surface area contributed by atoms with Crippen LogP contribution in [0.15, 0.2) is 17.0 Å². The minimum absolute atomic E-state index is 0.144. The van der Waals surface area contributed by atoms with E-state index in [1.807, 2.05) is 6.92 Å². The maximum atomic E-state index is 12.8. The second-order valence-corrected chi connectivity index (χ2v) is 6.77. The highest BCUT2D eigenvalue weighted by molar-refractivity contribution is 7.99. The minimum atomic E-state index is -4.53. The van der Waals surface area contributed by atoms with Crippen LogP contribution in [0.5, 0.6) is 0 Å². The lowest BCUT2D eigenvalue weighted by Crippen LogP contribution is -2.08. The van der Waals surface area contributed by atoms with Gasteiger partial charge in [0.1, 0.15) is 11.5 Å². The monoisotopic (exact) mass is 383 g/mol. The van der Waals surface area contributed by atoms with Crippen molar-refractivity contribution < 1.29 is 13.2 Å². The quantitative estimate of drug-likeness (QED) is 0.699. The van der Waals surface area contributed by atoms with Gasteiger partial charge in [0.15, 0.2) is 0 Å². The molecule has 0 amide bonds. The Morgan fingerprint density at radius 3 is 2.30 bits per heavy atom. The maximum absolute atomic E-state index is 12.8. The number of nitrogen functional groups attached to an aromatic ring is 1. The molecule has 0 saturated heterocycles. The molecular weight excluding hydrogens is 370 g/mol. The lowest BCUT2D eigenvalue weighted by Gasteiger charge is -2.13. The Hall–Kier alpha value is -1.05. The number of nitrogens with two attached hydrogens (primary N) is 1. The molecule has 0 unspecified atom stereocenters. The number of hydrogen-bond acceptors (Lipinski definition) is 3. The Kier molecular flexibility index (Phi) is 5.43. The lowest BCUT2D eigenvalue weighted by atomic mass is 10.2. The van der Waals surface area contributed by atoms with E-state index in [-0.39, 0.29) is 15.7 Å². The van der Waals surface area contributed by atoms with Crippen molar-refractivity contribution in [2.24, 2.45) is 0 Å². The van der Waals surface area contributed by atoms with E-state index in [1.54, 1.807) is 6.92 Å². The molecule has 9 heteroatoms. The van der Waals surface area contributed by atoms with Gasteiger partial charge in [0.25, 0.3) is 0 Å². The zero-order valence-electron chi connectivity index (χ0n) is 12.3. The lowest BCUT2D eigenvalue weighted by molar-refractivity contribution is -0.137. The molecule has 23 heavy (non-hydrogen) atoms. The molecule has 1 aromatic heterocycles. The van der Waals surface area contributed by atoms with Gasteiger partial charge in [-0.3, -0.25) is 0 Å². The van der Waals surface area contributed by atoms with Crippen LogP contribution in [0, 0.1) is 6.92 Å². The van der Waals surface area contributed by atoms with Crippen LogP contribution in [-0.2, 0) is 6.18 Å². The second-order valence-electron chi connectivity index (χ2n) is 4.85. The van der Waals surface area contributed by atoms with Crippen molar-refractivity contribution in [3.05, 3.63) is 33.4 Å². The molecule has 3 nitrogen and oxygen atoms in total. The van der Waals surface area contributed by atoms with Gasteiger partial charge in [-0.15, -0.1) is 11.8 Å². The van der Waals surface area contributed by atoms with Crippen molar-refractivity contribution in [1.29, 1.82) is 0 Å². The molecule has 2 N–H and O–H groups in total. The van der Waals surface area contributed by atoms with Gasteiger partial charge in [0.05, 0.1) is 26.2 Å². The van der Waals surface area contributed by atoms with E-state index in [0.717, 1.165) is 29.2 Å². The number of alkyl halides is 3. The third kappa shape index (κ3) is 3.72. The molecule has 1 heterocycles. The molecule has 126 valence electrons.